The van der Waals surface area contributed by atoms with Gasteiger partial charge in [0.15, 0.2) is 0 Å². The van der Waals surface area contributed by atoms with Crippen LogP contribution in [0, 0.1) is 5.41 Å². The first-order chi connectivity index (χ1) is 7.53. The molecule has 0 saturated heterocycles. The molecule has 3 heteroatoms. The topological polar surface area (TPSA) is 38.5 Å². The lowest BCUT2D eigenvalue weighted by molar-refractivity contribution is 0.0520. The molecule has 96 valence electrons. The maximum atomic E-state index is 6.42. The number of ether oxygens (including phenoxy) is 1. The smallest absolute Gasteiger partial charge is 0.0589 e. The second kappa shape index (κ2) is 5.99. The van der Waals surface area contributed by atoms with E-state index < -0.39 is 0 Å². The van der Waals surface area contributed by atoms with Gasteiger partial charge in [-0.15, -0.1) is 0 Å². The van der Waals surface area contributed by atoms with Gasteiger partial charge in [0.1, 0.15) is 0 Å². The summed E-state index contributed by atoms with van der Waals surface area (Å²) in [6.45, 7) is 9.68. The largest absolute Gasteiger partial charge is 0.383 e. The maximum Gasteiger partial charge on any atom is 0.0589 e. The van der Waals surface area contributed by atoms with Crippen LogP contribution in [-0.4, -0.2) is 43.8 Å². The van der Waals surface area contributed by atoms with Crippen LogP contribution in [0.2, 0.25) is 0 Å². The Kier molecular flexibility index (Phi) is 5.22. The molecule has 0 aromatic heterocycles. The summed E-state index contributed by atoms with van der Waals surface area (Å²) in [6.07, 6.45) is 3.80. The summed E-state index contributed by atoms with van der Waals surface area (Å²) in [5.41, 5.74) is 6.70. The maximum absolute atomic E-state index is 6.42. The Bertz CT molecular complexity index is 206. The van der Waals surface area contributed by atoms with Gasteiger partial charge in [-0.05, 0) is 24.8 Å². The number of likely N-dealkylation sites (N-methyl/N-ethyl adjacent to an activating group) is 1. The highest BCUT2D eigenvalue weighted by Gasteiger charge is 2.38. The lowest BCUT2D eigenvalue weighted by atomic mass is 9.71. The molecular formula is C13H28N2O. The molecule has 2 N–H and O–H groups in total. The van der Waals surface area contributed by atoms with Gasteiger partial charge in [-0.25, -0.2) is 0 Å². The van der Waals surface area contributed by atoms with Crippen molar-refractivity contribution in [3.63, 3.8) is 0 Å². The average molecular weight is 228 g/mol. The summed E-state index contributed by atoms with van der Waals surface area (Å²) in [7, 11) is 1.76. The minimum atomic E-state index is 0.281. The molecule has 1 rings (SSSR count). The first-order valence-corrected chi connectivity index (χ1v) is 6.51. The normalized spacial score (nSPS) is 29.6. The van der Waals surface area contributed by atoms with Gasteiger partial charge >= 0.3 is 0 Å². The van der Waals surface area contributed by atoms with Crippen LogP contribution in [0.15, 0.2) is 0 Å². The van der Waals surface area contributed by atoms with E-state index in [1.807, 2.05) is 0 Å². The summed E-state index contributed by atoms with van der Waals surface area (Å²) in [6, 6.07) is 0.821. The Morgan fingerprint density at radius 2 is 2.12 bits per heavy atom. The van der Waals surface area contributed by atoms with Crippen molar-refractivity contribution in [1.82, 2.24) is 4.90 Å². The molecule has 0 spiro atoms. The molecule has 2 unspecified atom stereocenters. The number of hydrogen-bond acceptors (Lipinski definition) is 3. The van der Waals surface area contributed by atoms with E-state index in [9.17, 15) is 0 Å². The molecular weight excluding hydrogens is 200 g/mol. The zero-order valence-electron chi connectivity index (χ0n) is 11.3. The van der Waals surface area contributed by atoms with E-state index in [0.29, 0.717) is 6.04 Å². The van der Waals surface area contributed by atoms with Gasteiger partial charge in [0.25, 0.3) is 0 Å². The van der Waals surface area contributed by atoms with Gasteiger partial charge < -0.3 is 10.5 Å². The standard InChI is InChI=1S/C13H28N2O/c1-5-15(9-10-16-4)11-7-6-8-13(2,3)12(11)14/h11-12H,5-10,14H2,1-4H3. The second-order valence-corrected chi connectivity index (χ2v) is 5.60. The Morgan fingerprint density at radius 3 is 2.69 bits per heavy atom. The molecule has 0 radical (unpaired) electrons. The summed E-state index contributed by atoms with van der Waals surface area (Å²) < 4.78 is 5.17. The summed E-state index contributed by atoms with van der Waals surface area (Å²) in [5.74, 6) is 0. The van der Waals surface area contributed by atoms with Gasteiger partial charge in [-0.1, -0.05) is 27.2 Å². The van der Waals surface area contributed by atoms with Gasteiger partial charge in [0.2, 0.25) is 0 Å². The Labute approximate surface area is 100 Å². The van der Waals surface area contributed by atoms with Crippen molar-refractivity contribution in [1.29, 1.82) is 0 Å². The Hall–Kier alpha value is -0.120. The van der Waals surface area contributed by atoms with E-state index in [1.165, 1.54) is 19.3 Å². The van der Waals surface area contributed by atoms with E-state index in [-0.39, 0.29) is 11.5 Å². The number of hydrogen-bond donors (Lipinski definition) is 1. The number of methoxy groups -OCH3 is 1. The lowest BCUT2D eigenvalue weighted by Gasteiger charge is -2.46. The third-order valence-corrected chi connectivity index (χ3v) is 4.10. The monoisotopic (exact) mass is 228 g/mol. The molecule has 0 amide bonds. The van der Waals surface area contributed by atoms with Crippen molar-refractivity contribution in [3.05, 3.63) is 0 Å². The molecule has 1 aliphatic carbocycles. The van der Waals surface area contributed by atoms with E-state index in [0.717, 1.165) is 19.7 Å². The third kappa shape index (κ3) is 3.19. The first kappa shape index (κ1) is 13.9. The highest BCUT2D eigenvalue weighted by Crippen LogP contribution is 2.36. The van der Waals surface area contributed by atoms with Crippen molar-refractivity contribution in [2.24, 2.45) is 11.1 Å². The van der Waals surface area contributed by atoms with Crippen molar-refractivity contribution in [3.8, 4) is 0 Å². The van der Waals surface area contributed by atoms with Gasteiger partial charge in [0, 0.05) is 25.7 Å². The number of nitrogens with zero attached hydrogens (tertiary/aromatic N) is 1. The molecule has 0 heterocycles. The first-order valence-electron chi connectivity index (χ1n) is 6.51. The summed E-state index contributed by atoms with van der Waals surface area (Å²) in [5, 5.41) is 0. The molecule has 1 saturated carbocycles. The fraction of sp³-hybridized carbons (Fsp3) is 1.00. The molecule has 1 aliphatic rings. The summed E-state index contributed by atoms with van der Waals surface area (Å²) >= 11 is 0. The van der Waals surface area contributed by atoms with Crippen LogP contribution < -0.4 is 5.73 Å². The molecule has 0 bridgehead atoms. The third-order valence-electron chi connectivity index (χ3n) is 4.10. The zero-order valence-corrected chi connectivity index (χ0v) is 11.3. The predicted octanol–water partition coefficient (Wildman–Crippen LogP) is 1.86. The molecule has 0 aliphatic heterocycles. The lowest BCUT2D eigenvalue weighted by Crippen LogP contribution is -2.57. The molecule has 0 aromatic rings. The van der Waals surface area contributed by atoms with Crippen LogP contribution in [0.3, 0.4) is 0 Å². The Balaban J connectivity index is 2.61. The van der Waals surface area contributed by atoms with Crippen LogP contribution in [0.4, 0.5) is 0 Å². The average Bonchev–Trinajstić information content (AvgIpc) is 2.25. The minimum Gasteiger partial charge on any atom is -0.383 e. The van der Waals surface area contributed by atoms with Crippen LogP contribution in [0.25, 0.3) is 0 Å². The van der Waals surface area contributed by atoms with Crippen molar-refractivity contribution >= 4 is 0 Å². The molecule has 1 fully saturated rings. The van der Waals surface area contributed by atoms with Gasteiger partial charge in [-0.3, -0.25) is 4.90 Å². The summed E-state index contributed by atoms with van der Waals surface area (Å²) in [4.78, 5) is 2.48. The van der Waals surface area contributed by atoms with Crippen molar-refractivity contribution in [2.75, 3.05) is 26.8 Å². The highest BCUT2D eigenvalue weighted by atomic mass is 16.5. The number of nitrogens with two attached hydrogens (primary N) is 1. The second-order valence-electron chi connectivity index (χ2n) is 5.60. The van der Waals surface area contributed by atoms with E-state index >= 15 is 0 Å². The van der Waals surface area contributed by atoms with E-state index in [2.05, 4.69) is 25.7 Å². The fourth-order valence-corrected chi connectivity index (χ4v) is 2.81. The van der Waals surface area contributed by atoms with Crippen LogP contribution in [-0.2, 0) is 4.74 Å². The molecule has 3 nitrogen and oxygen atoms in total. The zero-order chi connectivity index (χ0) is 12.2. The highest BCUT2D eigenvalue weighted by molar-refractivity contribution is 4.95. The fourth-order valence-electron chi connectivity index (χ4n) is 2.81. The SMILES string of the molecule is CCN(CCOC)C1CCCC(C)(C)C1N. The molecule has 0 aromatic carbocycles. The van der Waals surface area contributed by atoms with Gasteiger partial charge in [0.05, 0.1) is 6.61 Å². The van der Waals surface area contributed by atoms with Crippen LogP contribution in [0.5, 0.6) is 0 Å². The predicted molar refractivity (Wildman–Crippen MR) is 68.5 cm³/mol. The number of rotatable bonds is 5. The van der Waals surface area contributed by atoms with Crippen molar-refractivity contribution < 1.29 is 4.74 Å². The van der Waals surface area contributed by atoms with Crippen molar-refractivity contribution in [2.45, 2.75) is 52.1 Å². The quantitative estimate of drug-likeness (QED) is 0.780. The van der Waals surface area contributed by atoms with Crippen LogP contribution in [0.1, 0.15) is 40.0 Å². The van der Waals surface area contributed by atoms with E-state index in [4.69, 9.17) is 10.5 Å². The Morgan fingerprint density at radius 1 is 1.44 bits per heavy atom. The molecule has 2 atom stereocenters. The minimum absolute atomic E-state index is 0.281. The van der Waals surface area contributed by atoms with Gasteiger partial charge in [-0.2, -0.15) is 0 Å². The molecule has 16 heavy (non-hydrogen) atoms. The van der Waals surface area contributed by atoms with Crippen LogP contribution >= 0.6 is 0 Å². The van der Waals surface area contributed by atoms with E-state index in [1.54, 1.807) is 7.11 Å².